The first-order valence-corrected chi connectivity index (χ1v) is 9.44. The molecule has 140 valence electrons. The molecule has 4 heteroatoms. The molecule has 2 rings (SSSR count). The number of hydrogen-bond donors (Lipinski definition) is 0. The van der Waals surface area contributed by atoms with Crippen molar-refractivity contribution >= 4 is 23.5 Å². The van der Waals surface area contributed by atoms with Crippen molar-refractivity contribution in [2.24, 2.45) is 9.98 Å². The molecule has 0 spiro atoms. The van der Waals surface area contributed by atoms with Gasteiger partial charge < -0.3 is 0 Å². The molecule has 2 aromatic rings. The van der Waals surface area contributed by atoms with Gasteiger partial charge in [0.2, 0.25) is 12.2 Å². The van der Waals surface area contributed by atoms with Gasteiger partial charge in [0, 0.05) is 6.42 Å². The largest absolute Gasteiger partial charge is 0.240 e. The van der Waals surface area contributed by atoms with Crippen LogP contribution in [0.2, 0.25) is 0 Å². The monoisotopic (exact) mass is 362 g/mol. The fourth-order valence-electron chi connectivity index (χ4n) is 3.62. The van der Waals surface area contributed by atoms with E-state index in [-0.39, 0.29) is 0 Å². The van der Waals surface area contributed by atoms with Crippen molar-refractivity contribution in [3.63, 3.8) is 0 Å². The highest BCUT2D eigenvalue weighted by Crippen LogP contribution is 2.33. The quantitative estimate of drug-likeness (QED) is 0.444. The van der Waals surface area contributed by atoms with Crippen LogP contribution in [0.25, 0.3) is 0 Å². The lowest BCUT2D eigenvalue weighted by atomic mass is 9.92. The van der Waals surface area contributed by atoms with Gasteiger partial charge in [0.15, 0.2) is 0 Å². The van der Waals surface area contributed by atoms with Gasteiger partial charge in [-0.2, -0.15) is 9.98 Å². The van der Waals surface area contributed by atoms with Gasteiger partial charge in [-0.3, -0.25) is 0 Å². The minimum absolute atomic E-state index is 0.553. The Hall–Kier alpha value is -2.80. The number of rotatable bonds is 8. The molecule has 0 atom stereocenters. The zero-order chi connectivity index (χ0) is 19.8. The highest BCUT2D eigenvalue weighted by Gasteiger charge is 2.14. The second-order valence-electron chi connectivity index (χ2n) is 6.92. The second-order valence-corrected chi connectivity index (χ2v) is 6.92. The summed E-state index contributed by atoms with van der Waals surface area (Å²) in [6.07, 6.45) is 7.92. The maximum atomic E-state index is 10.9. The lowest BCUT2D eigenvalue weighted by Crippen LogP contribution is -1.98. The van der Waals surface area contributed by atoms with Crippen molar-refractivity contribution < 1.29 is 9.59 Å². The van der Waals surface area contributed by atoms with Crippen molar-refractivity contribution in [1.82, 2.24) is 0 Å². The van der Waals surface area contributed by atoms with Crippen LogP contribution in [-0.2, 0) is 28.9 Å². The van der Waals surface area contributed by atoms with Gasteiger partial charge >= 0.3 is 0 Å². The summed E-state index contributed by atoms with van der Waals surface area (Å²) >= 11 is 0. The molecule has 0 N–H and O–H groups in total. The van der Waals surface area contributed by atoms with E-state index in [9.17, 15) is 9.59 Å². The van der Waals surface area contributed by atoms with Crippen LogP contribution in [-0.4, -0.2) is 12.2 Å². The zero-order valence-corrected chi connectivity index (χ0v) is 16.6. The van der Waals surface area contributed by atoms with E-state index in [2.05, 4.69) is 48.1 Å². The maximum Gasteiger partial charge on any atom is 0.240 e. The van der Waals surface area contributed by atoms with Crippen LogP contribution in [0.3, 0.4) is 0 Å². The Kier molecular flexibility index (Phi) is 7.43. The summed E-state index contributed by atoms with van der Waals surface area (Å²) in [6.45, 7) is 8.20. The molecule has 0 aliphatic heterocycles. The number of aryl methyl sites for hydroxylation is 4. The van der Waals surface area contributed by atoms with E-state index in [4.69, 9.17) is 0 Å². The smallest absolute Gasteiger partial charge is 0.211 e. The Balaban J connectivity index is 2.63. The number of aliphatic imine (C=N–C) groups is 2. The molecule has 0 heterocycles. The molecule has 4 nitrogen and oxygen atoms in total. The van der Waals surface area contributed by atoms with E-state index in [0.717, 1.165) is 47.9 Å². The highest BCUT2D eigenvalue weighted by molar-refractivity contribution is 5.65. The van der Waals surface area contributed by atoms with E-state index in [1.54, 1.807) is 12.2 Å². The molecule has 0 bridgehead atoms. The van der Waals surface area contributed by atoms with E-state index in [1.165, 1.54) is 11.1 Å². The molecular formula is C23H26N2O2. The van der Waals surface area contributed by atoms with Crippen LogP contribution in [0.4, 0.5) is 11.4 Å². The van der Waals surface area contributed by atoms with Crippen LogP contribution >= 0.6 is 0 Å². The first-order valence-electron chi connectivity index (χ1n) is 9.44. The summed E-state index contributed by atoms with van der Waals surface area (Å²) in [5.74, 6) is 0. The number of hydrogen-bond acceptors (Lipinski definition) is 4. The van der Waals surface area contributed by atoms with Crippen molar-refractivity contribution in [3.05, 3.63) is 57.6 Å². The Morgan fingerprint density at radius 3 is 1.48 bits per heavy atom. The first kappa shape index (κ1) is 20.5. The van der Waals surface area contributed by atoms with Crippen LogP contribution < -0.4 is 0 Å². The molecule has 0 saturated heterocycles. The average molecular weight is 362 g/mol. The summed E-state index contributed by atoms with van der Waals surface area (Å²) in [6, 6.07) is 8.35. The SMILES string of the molecule is CCCc1cc(C)c(N=C=O)c(Cc2cc(CCC)cc(C)c2N=C=O)c1. The number of benzene rings is 2. The molecule has 0 aromatic heterocycles. The molecule has 2 aromatic carbocycles. The van der Waals surface area contributed by atoms with Gasteiger partial charge in [-0.25, -0.2) is 9.59 Å². The van der Waals surface area contributed by atoms with Crippen LogP contribution in [0.5, 0.6) is 0 Å². The van der Waals surface area contributed by atoms with Gasteiger partial charge in [0.25, 0.3) is 0 Å². The van der Waals surface area contributed by atoms with E-state index >= 15 is 0 Å². The molecular weight excluding hydrogens is 336 g/mol. The van der Waals surface area contributed by atoms with Gasteiger partial charge in [0.05, 0.1) is 11.4 Å². The lowest BCUT2D eigenvalue weighted by molar-refractivity contribution is 0.564. The Morgan fingerprint density at radius 1 is 0.741 bits per heavy atom. The molecule has 0 aliphatic rings. The third-order valence-electron chi connectivity index (χ3n) is 4.65. The summed E-state index contributed by atoms with van der Waals surface area (Å²) in [7, 11) is 0. The summed E-state index contributed by atoms with van der Waals surface area (Å²) in [5.41, 5.74) is 7.58. The normalized spacial score (nSPS) is 10.2. The minimum Gasteiger partial charge on any atom is -0.211 e. The minimum atomic E-state index is 0.553. The molecule has 27 heavy (non-hydrogen) atoms. The highest BCUT2D eigenvalue weighted by atomic mass is 16.1. The Morgan fingerprint density at radius 2 is 1.15 bits per heavy atom. The fraction of sp³-hybridized carbons (Fsp3) is 0.391. The number of nitrogens with zero attached hydrogens (tertiary/aromatic N) is 2. The van der Waals surface area contributed by atoms with E-state index in [0.29, 0.717) is 17.8 Å². The topological polar surface area (TPSA) is 58.9 Å². The standard InChI is InChI=1S/C23H26N2O2/c1-5-7-18-9-16(3)22(24-14-26)20(11-18)13-21-12-19(8-6-2)10-17(4)23(21)25-15-27/h9-12H,5-8,13H2,1-4H3. The summed E-state index contributed by atoms with van der Waals surface area (Å²) in [4.78, 5) is 29.8. The molecule has 0 saturated carbocycles. The predicted molar refractivity (Wildman–Crippen MR) is 109 cm³/mol. The number of isocyanates is 2. The van der Waals surface area contributed by atoms with Crippen molar-refractivity contribution in [2.75, 3.05) is 0 Å². The van der Waals surface area contributed by atoms with E-state index < -0.39 is 0 Å². The van der Waals surface area contributed by atoms with Gasteiger partial charge in [-0.1, -0.05) is 51.0 Å². The third-order valence-corrected chi connectivity index (χ3v) is 4.65. The molecule has 0 unspecified atom stereocenters. The van der Waals surface area contributed by atoms with Crippen molar-refractivity contribution in [1.29, 1.82) is 0 Å². The molecule has 0 fully saturated rings. The summed E-state index contributed by atoms with van der Waals surface area (Å²) < 4.78 is 0. The molecule has 0 aliphatic carbocycles. The zero-order valence-electron chi connectivity index (χ0n) is 16.6. The van der Waals surface area contributed by atoms with Crippen LogP contribution in [0.15, 0.2) is 34.3 Å². The van der Waals surface area contributed by atoms with Crippen LogP contribution in [0.1, 0.15) is 60.1 Å². The number of carbonyl (C=O) groups excluding carboxylic acids is 2. The molecule has 0 amide bonds. The average Bonchev–Trinajstić information content (AvgIpc) is 2.61. The fourth-order valence-corrected chi connectivity index (χ4v) is 3.62. The lowest BCUT2D eigenvalue weighted by Gasteiger charge is -2.15. The summed E-state index contributed by atoms with van der Waals surface area (Å²) in [5, 5.41) is 0. The second kappa shape index (κ2) is 9.78. The molecule has 0 radical (unpaired) electrons. The van der Waals surface area contributed by atoms with Gasteiger partial charge in [-0.15, -0.1) is 0 Å². The Bertz CT molecular complexity index is 843. The van der Waals surface area contributed by atoms with E-state index in [1.807, 2.05) is 13.8 Å². The van der Waals surface area contributed by atoms with Gasteiger partial charge in [0.1, 0.15) is 0 Å². The third kappa shape index (κ3) is 5.10. The van der Waals surface area contributed by atoms with Crippen molar-refractivity contribution in [2.45, 2.75) is 59.8 Å². The first-order chi connectivity index (χ1) is 13.0. The Labute approximate surface area is 161 Å². The van der Waals surface area contributed by atoms with Crippen LogP contribution in [0, 0.1) is 13.8 Å². The predicted octanol–water partition coefficient (Wildman–Crippen LogP) is 5.73. The van der Waals surface area contributed by atoms with Gasteiger partial charge in [-0.05, 0) is 60.1 Å². The van der Waals surface area contributed by atoms with Crippen molar-refractivity contribution in [3.8, 4) is 0 Å². The maximum absolute atomic E-state index is 10.9.